The molecule has 1 saturated carbocycles. The highest BCUT2D eigenvalue weighted by molar-refractivity contribution is 5.21. The second kappa shape index (κ2) is 5.65. The molecule has 1 atom stereocenters. The Kier molecular flexibility index (Phi) is 4.18. The number of hydrogen-bond donors (Lipinski definition) is 2. The van der Waals surface area contributed by atoms with E-state index in [1.165, 1.54) is 43.4 Å². The van der Waals surface area contributed by atoms with Crippen LogP contribution in [0.3, 0.4) is 0 Å². The molecular formula is C13H24N4. The van der Waals surface area contributed by atoms with Crippen molar-refractivity contribution in [2.45, 2.75) is 51.1 Å². The summed E-state index contributed by atoms with van der Waals surface area (Å²) in [5.41, 5.74) is 8.36. The van der Waals surface area contributed by atoms with Gasteiger partial charge in [-0.1, -0.05) is 19.3 Å². The molecule has 4 heteroatoms. The Morgan fingerprint density at radius 1 is 1.47 bits per heavy atom. The quantitative estimate of drug-likeness (QED) is 0.836. The molecule has 3 N–H and O–H groups in total. The topological polar surface area (TPSA) is 55.9 Å². The van der Waals surface area contributed by atoms with Crippen molar-refractivity contribution in [3.63, 3.8) is 0 Å². The average molecular weight is 236 g/mol. The van der Waals surface area contributed by atoms with Gasteiger partial charge in [0.15, 0.2) is 0 Å². The van der Waals surface area contributed by atoms with E-state index < -0.39 is 0 Å². The molecule has 0 aliphatic heterocycles. The van der Waals surface area contributed by atoms with Crippen LogP contribution in [0.4, 0.5) is 0 Å². The first-order chi connectivity index (χ1) is 8.22. The van der Waals surface area contributed by atoms with E-state index in [1.54, 1.807) is 0 Å². The molecule has 96 valence electrons. The summed E-state index contributed by atoms with van der Waals surface area (Å²) in [5.74, 6) is 0. The number of rotatable bonds is 4. The highest BCUT2D eigenvalue weighted by atomic mass is 15.3. The lowest BCUT2D eigenvalue weighted by Crippen LogP contribution is -2.38. The number of hydrogen-bond acceptors (Lipinski definition) is 3. The van der Waals surface area contributed by atoms with Crippen LogP contribution >= 0.6 is 0 Å². The molecule has 1 heterocycles. The van der Waals surface area contributed by atoms with Gasteiger partial charge in [0.25, 0.3) is 0 Å². The Balaban J connectivity index is 2.03. The van der Waals surface area contributed by atoms with Crippen molar-refractivity contribution in [2.24, 2.45) is 12.8 Å². The van der Waals surface area contributed by atoms with Crippen LogP contribution in [0.1, 0.15) is 49.4 Å². The van der Waals surface area contributed by atoms with Gasteiger partial charge in [0, 0.05) is 36.9 Å². The van der Waals surface area contributed by atoms with Gasteiger partial charge >= 0.3 is 0 Å². The Morgan fingerprint density at radius 2 is 2.18 bits per heavy atom. The molecule has 0 saturated heterocycles. The Morgan fingerprint density at radius 3 is 2.71 bits per heavy atom. The van der Waals surface area contributed by atoms with Crippen LogP contribution in [0, 0.1) is 6.92 Å². The van der Waals surface area contributed by atoms with Crippen molar-refractivity contribution in [3.8, 4) is 0 Å². The maximum absolute atomic E-state index is 5.90. The lowest BCUT2D eigenvalue weighted by Gasteiger charge is -2.27. The summed E-state index contributed by atoms with van der Waals surface area (Å²) >= 11 is 0. The van der Waals surface area contributed by atoms with Crippen LogP contribution in [-0.4, -0.2) is 22.4 Å². The fourth-order valence-corrected chi connectivity index (χ4v) is 2.70. The number of nitrogens with zero attached hydrogens (tertiary/aromatic N) is 2. The van der Waals surface area contributed by atoms with Crippen molar-refractivity contribution >= 4 is 0 Å². The summed E-state index contributed by atoms with van der Waals surface area (Å²) in [7, 11) is 1.98. The molecule has 4 nitrogen and oxygen atoms in total. The number of aromatic nitrogens is 2. The van der Waals surface area contributed by atoms with Gasteiger partial charge in [-0.05, 0) is 19.8 Å². The molecule has 0 aromatic carbocycles. The third kappa shape index (κ3) is 2.87. The molecule has 0 bridgehead atoms. The molecule has 1 unspecified atom stereocenters. The van der Waals surface area contributed by atoms with Crippen molar-refractivity contribution in [1.29, 1.82) is 0 Å². The van der Waals surface area contributed by atoms with Gasteiger partial charge in [-0.2, -0.15) is 5.10 Å². The first-order valence-corrected chi connectivity index (χ1v) is 6.67. The summed E-state index contributed by atoms with van der Waals surface area (Å²) in [6.07, 6.45) is 8.60. The van der Waals surface area contributed by atoms with E-state index in [0.29, 0.717) is 12.6 Å². The van der Waals surface area contributed by atoms with Crippen LogP contribution in [0.5, 0.6) is 0 Å². The highest BCUT2D eigenvalue weighted by Crippen LogP contribution is 2.22. The fraction of sp³-hybridized carbons (Fsp3) is 0.769. The monoisotopic (exact) mass is 236 g/mol. The Bertz CT molecular complexity index is 352. The van der Waals surface area contributed by atoms with Crippen molar-refractivity contribution in [1.82, 2.24) is 15.1 Å². The van der Waals surface area contributed by atoms with E-state index in [0.717, 1.165) is 0 Å². The van der Waals surface area contributed by atoms with E-state index in [9.17, 15) is 0 Å². The molecule has 1 aromatic rings. The van der Waals surface area contributed by atoms with Gasteiger partial charge in [0.1, 0.15) is 0 Å². The molecule has 1 aliphatic carbocycles. The summed E-state index contributed by atoms with van der Waals surface area (Å²) in [6, 6.07) is 0.892. The first-order valence-electron chi connectivity index (χ1n) is 6.67. The standard InChI is InChI=1S/C13H24N4/c1-10-12(9-15-17(10)2)13(8-14)16-11-6-4-3-5-7-11/h9,11,13,16H,3-8,14H2,1-2H3. The van der Waals surface area contributed by atoms with Crippen LogP contribution in [0.2, 0.25) is 0 Å². The van der Waals surface area contributed by atoms with Crippen LogP contribution in [0.25, 0.3) is 0 Å². The number of nitrogens with one attached hydrogen (secondary N) is 1. The maximum Gasteiger partial charge on any atom is 0.0540 e. The van der Waals surface area contributed by atoms with Gasteiger partial charge in [-0.15, -0.1) is 0 Å². The minimum atomic E-state index is 0.256. The summed E-state index contributed by atoms with van der Waals surface area (Å²) < 4.78 is 1.92. The fourth-order valence-electron chi connectivity index (χ4n) is 2.70. The maximum atomic E-state index is 5.90. The molecular weight excluding hydrogens is 212 g/mol. The zero-order chi connectivity index (χ0) is 12.3. The van der Waals surface area contributed by atoms with E-state index >= 15 is 0 Å². The highest BCUT2D eigenvalue weighted by Gasteiger charge is 2.20. The third-order valence-corrected chi connectivity index (χ3v) is 3.93. The molecule has 0 radical (unpaired) electrons. The van der Waals surface area contributed by atoms with Crippen molar-refractivity contribution in [3.05, 3.63) is 17.5 Å². The molecule has 0 spiro atoms. The lowest BCUT2D eigenvalue weighted by atomic mass is 9.94. The van der Waals surface area contributed by atoms with E-state index in [4.69, 9.17) is 5.73 Å². The van der Waals surface area contributed by atoms with E-state index in [1.807, 2.05) is 17.9 Å². The molecule has 1 aliphatic rings. The van der Waals surface area contributed by atoms with Gasteiger partial charge in [0.2, 0.25) is 0 Å². The second-order valence-electron chi connectivity index (χ2n) is 5.10. The predicted octanol–water partition coefficient (Wildman–Crippen LogP) is 1.65. The minimum absolute atomic E-state index is 0.256. The Hall–Kier alpha value is -0.870. The molecule has 2 rings (SSSR count). The van der Waals surface area contributed by atoms with Crippen LogP contribution < -0.4 is 11.1 Å². The number of aryl methyl sites for hydroxylation is 1. The zero-order valence-electron chi connectivity index (χ0n) is 10.9. The first kappa shape index (κ1) is 12.6. The molecule has 17 heavy (non-hydrogen) atoms. The predicted molar refractivity (Wildman–Crippen MR) is 69.7 cm³/mol. The smallest absolute Gasteiger partial charge is 0.0540 e. The van der Waals surface area contributed by atoms with E-state index in [-0.39, 0.29) is 6.04 Å². The second-order valence-corrected chi connectivity index (χ2v) is 5.10. The molecule has 0 amide bonds. The third-order valence-electron chi connectivity index (χ3n) is 3.93. The molecule has 1 aromatic heterocycles. The summed E-state index contributed by atoms with van der Waals surface area (Å²) in [4.78, 5) is 0. The van der Waals surface area contributed by atoms with Crippen molar-refractivity contribution in [2.75, 3.05) is 6.54 Å². The molecule has 1 fully saturated rings. The van der Waals surface area contributed by atoms with Crippen molar-refractivity contribution < 1.29 is 0 Å². The minimum Gasteiger partial charge on any atom is -0.329 e. The van der Waals surface area contributed by atoms with E-state index in [2.05, 4.69) is 17.3 Å². The SMILES string of the molecule is Cc1c(C(CN)NC2CCCCC2)cnn1C. The van der Waals surface area contributed by atoms with Crippen LogP contribution in [0.15, 0.2) is 6.20 Å². The number of nitrogens with two attached hydrogens (primary N) is 1. The average Bonchev–Trinajstić information content (AvgIpc) is 2.69. The summed E-state index contributed by atoms with van der Waals surface area (Å²) in [6.45, 7) is 2.75. The van der Waals surface area contributed by atoms with Gasteiger partial charge < -0.3 is 11.1 Å². The Labute approximate surface area is 104 Å². The largest absolute Gasteiger partial charge is 0.329 e. The van der Waals surface area contributed by atoms with Crippen LogP contribution in [-0.2, 0) is 7.05 Å². The normalized spacial score (nSPS) is 19.5. The van der Waals surface area contributed by atoms with Gasteiger partial charge in [-0.3, -0.25) is 4.68 Å². The lowest BCUT2D eigenvalue weighted by molar-refractivity contribution is 0.340. The zero-order valence-corrected chi connectivity index (χ0v) is 10.9. The van der Waals surface area contributed by atoms with Gasteiger partial charge in [0.05, 0.1) is 6.20 Å². The van der Waals surface area contributed by atoms with Gasteiger partial charge in [-0.25, -0.2) is 0 Å². The summed E-state index contributed by atoms with van der Waals surface area (Å²) in [5, 5.41) is 8.00.